The number of carbonyl (C=O) groups is 1. The van der Waals surface area contributed by atoms with Crippen molar-refractivity contribution in [1.29, 1.82) is 0 Å². The van der Waals surface area contributed by atoms with Crippen LogP contribution in [-0.2, 0) is 4.79 Å². The lowest BCUT2D eigenvalue weighted by Crippen LogP contribution is -2.42. The van der Waals surface area contributed by atoms with E-state index in [2.05, 4.69) is 0 Å². The molecule has 0 saturated carbocycles. The fraction of sp³-hybridized carbons (Fsp3) is 0.588. The van der Waals surface area contributed by atoms with Crippen LogP contribution in [0.5, 0.6) is 11.5 Å². The molecule has 1 heterocycles. The van der Waals surface area contributed by atoms with Gasteiger partial charge in [0.15, 0.2) is 11.5 Å². The first-order valence-corrected chi connectivity index (χ1v) is 8.08. The van der Waals surface area contributed by atoms with Crippen LogP contribution in [0.1, 0.15) is 32.6 Å². The fourth-order valence-corrected chi connectivity index (χ4v) is 2.56. The molecule has 22 heavy (non-hydrogen) atoms. The summed E-state index contributed by atoms with van der Waals surface area (Å²) < 4.78 is 11.2. The van der Waals surface area contributed by atoms with E-state index in [0.717, 1.165) is 37.4 Å². The summed E-state index contributed by atoms with van der Waals surface area (Å²) in [5.41, 5.74) is 5.85. The van der Waals surface area contributed by atoms with Crippen LogP contribution in [0.4, 0.5) is 0 Å². The van der Waals surface area contributed by atoms with Crippen molar-refractivity contribution in [2.75, 3.05) is 26.3 Å². The molecule has 5 nitrogen and oxygen atoms in total. The van der Waals surface area contributed by atoms with Crippen LogP contribution in [0.15, 0.2) is 24.3 Å². The third-order valence-electron chi connectivity index (χ3n) is 3.83. The molecule has 122 valence electrons. The van der Waals surface area contributed by atoms with Crippen molar-refractivity contribution in [2.45, 2.75) is 38.6 Å². The Morgan fingerprint density at radius 2 is 1.86 bits per heavy atom. The van der Waals surface area contributed by atoms with Crippen LogP contribution in [0, 0.1) is 0 Å². The van der Waals surface area contributed by atoms with E-state index >= 15 is 0 Å². The molecule has 2 rings (SSSR count). The molecule has 0 aromatic heterocycles. The highest BCUT2D eigenvalue weighted by molar-refractivity contribution is 5.76. The standard InChI is InChI=1S/C17H26N2O3/c1-2-21-15-6-3-4-7-16(15)22-13-5-8-17(20)19-11-9-14(18)10-12-19/h3-4,6-7,14H,2,5,8-13,18H2,1H3. The molecule has 1 aliphatic rings. The molecule has 5 heteroatoms. The Kier molecular flexibility index (Phi) is 6.52. The summed E-state index contributed by atoms with van der Waals surface area (Å²) >= 11 is 0. The van der Waals surface area contributed by atoms with Gasteiger partial charge in [0.1, 0.15) is 0 Å². The summed E-state index contributed by atoms with van der Waals surface area (Å²) in [6, 6.07) is 7.87. The maximum Gasteiger partial charge on any atom is 0.222 e. The summed E-state index contributed by atoms with van der Waals surface area (Å²) in [6.07, 6.45) is 3.04. The van der Waals surface area contributed by atoms with E-state index in [-0.39, 0.29) is 11.9 Å². The lowest BCUT2D eigenvalue weighted by molar-refractivity contribution is -0.132. The number of benzene rings is 1. The smallest absolute Gasteiger partial charge is 0.222 e. The molecule has 0 unspecified atom stereocenters. The molecule has 0 aliphatic carbocycles. The SMILES string of the molecule is CCOc1ccccc1OCCCC(=O)N1CCC(N)CC1. The van der Waals surface area contributed by atoms with Crippen LogP contribution in [0.25, 0.3) is 0 Å². The molecule has 0 spiro atoms. The molecular weight excluding hydrogens is 280 g/mol. The number of likely N-dealkylation sites (tertiary alicyclic amines) is 1. The van der Waals surface area contributed by atoms with Gasteiger partial charge in [-0.3, -0.25) is 4.79 Å². The van der Waals surface area contributed by atoms with Gasteiger partial charge in [0.2, 0.25) is 5.91 Å². The Morgan fingerprint density at radius 3 is 2.50 bits per heavy atom. The second-order valence-corrected chi connectivity index (χ2v) is 5.55. The zero-order valence-corrected chi connectivity index (χ0v) is 13.3. The zero-order chi connectivity index (χ0) is 15.8. The Bertz CT molecular complexity index is 471. The number of amides is 1. The first kappa shape index (κ1) is 16.6. The van der Waals surface area contributed by atoms with E-state index in [4.69, 9.17) is 15.2 Å². The van der Waals surface area contributed by atoms with Crippen molar-refractivity contribution < 1.29 is 14.3 Å². The summed E-state index contributed by atoms with van der Waals surface area (Å²) in [4.78, 5) is 14.0. The monoisotopic (exact) mass is 306 g/mol. The molecule has 0 radical (unpaired) electrons. The minimum absolute atomic E-state index is 0.202. The van der Waals surface area contributed by atoms with Gasteiger partial charge in [0, 0.05) is 25.6 Å². The Morgan fingerprint density at radius 1 is 1.23 bits per heavy atom. The fourth-order valence-electron chi connectivity index (χ4n) is 2.56. The number of nitrogens with zero attached hydrogens (tertiary/aromatic N) is 1. The Hall–Kier alpha value is -1.75. The number of para-hydroxylation sites is 2. The molecule has 1 aliphatic heterocycles. The predicted molar refractivity (Wildman–Crippen MR) is 86.1 cm³/mol. The third kappa shape index (κ3) is 4.91. The van der Waals surface area contributed by atoms with Crippen molar-refractivity contribution in [2.24, 2.45) is 5.73 Å². The van der Waals surface area contributed by atoms with E-state index in [1.165, 1.54) is 0 Å². The third-order valence-corrected chi connectivity index (χ3v) is 3.83. The zero-order valence-electron chi connectivity index (χ0n) is 13.3. The number of carbonyl (C=O) groups excluding carboxylic acids is 1. The van der Waals surface area contributed by atoms with E-state index in [1.807, 2.05) is 36.1 Å². The molecule has 0 atom stereocenters. The highest BCUT2D eigenvalue weighted by Crippen LogP contribution is 2.26. The highest BCUT2D eigenvalue weighted by Gasteiger charge is 2.19. The minimum atomic E-state index is 0.202. The van der Waals surface area contributed by atoms with Crippen LogP contribution < -0.4 is 15.2 Å². The van der Waals surface area contributed by atoms with Gasteiger partial charge in [-0.1, -0.05) is 12.1 Å². The number of nitrogens with two attached hydrogens (primary N) is 1. The van der Waals surface area contributed by atoms with E-state index < -0.39 is 0 Å². The van der Waals surface area contributed by atoms with Crippen LogP contribution in [0.2, 0.25) is 0 Å². The van der Waals surface area contributed by atoms with E-state index in [9.17, 15) is 4.79 Å². The quantitative estimate of drug-likeness (QED) is 0.784. The summed E-state index contributed by atoms with van der Waals surface area (Å²) in [6.45, 7) is 4.64. The van der Waals surface area contributed by atoms with Gasteiger partial charge < -0.3 is 20.1 Å². The van der Waals surface area contributed by atoms with Gasteiger partial charge >= 0.3 is 0 Å². The topological polar surface area (TPSA) is 64.8 Å². The number of rotatable bonds is 7. The Balaban J connectivity index is 1.70. The van der Waals surface area contributed by atoms with Gasteiger partial charge in [0.05, 0.1) is 13.2 Å². The average molecular weight is 306 g/mol. The molecular formula is C17H26N2O3. The molecule has 1 aromatic rings. The summed E-state index contributed by atoms with van der Waals surface area (Å²) in [7, 11) is 0. The van der Waals surface area contributed by atoms with Crippen molar-refractivity contribution >= 4 is 5.91 Å². The first-order chi connectivity index (χ1) is 10.7. The molecule has 2 N–H and O–H groups in total. The predicted octanol–water partition coefficient (Wildman–Crippen LogP) is 2.19. The van der Waals surface area contributed by atoms with Crippen LogP contribution >= 0.6 is 0 Å². The minimum Gasteiger partial charge on any atom is -0.490 e. The molecule has 1 amide bonds. The number of piperidine rings is 1. The summed E-state index contributed by atoms with van der Waals surface area (Å²) in [5, 5.41) is 0. The normalized spacial score (nSPS) is 15.6. The molecule has 1 aromatic carbocycles. The van der Waals surface area contributed by atoms with Gasteiger partial charge in [-0.2, -0.15) is 0 Å². The average Bonchev–Trinajstić information content (AvgIpc) is 2.53. The maximum atomic E-state index is 12.1. The lowest BCUT2D eigenvalue weighted by atomic mass is 10.1. The number of hydrogen-bond donors (Lipinski definition) is 1. The maximum absolute atomic E-state index is 12.1. The molecule has 1 fully saturated rings. The second kappa shape index (κ2) is 8.63. The van der Waals surface area contributed by atoms with Crippen molar-refractivity contribution in [1.82, 2.24) is 4.90 Å². The molecule has 0 bridgehead atoms. The highest BCUT2D eigenvalue weighted by atomic mass is 16.5. The largest absolute Gasteiger partial charge is 0.490 e. The van der Waals surface area contributed by atoms with Gasteiger partial charge in [-0.05, 0) is 38.3 Å². The van der Waals surface area contributed by atoms with Gasteiger partial charge in [0.25, 0.3) is 0 Å². The second-order valence-electron chi connectivity index (χ2n) is 5.55. The first-order valence-electron chi connectivity index (χ1n) is 8.08. The van der Waals surface area contributed by atoms with E-state index in [1.54, 1.807) is 0 Å². The number of ether oxygens (including phenoxy) is 2. The molecule has 1 saturated heterocycles. The van der Waals surface area contributed by atoms with E-state index in [0.29, 0.717) is 26.1 Å². The number of hydrogen-bond acceptors (Lipinski definition) is 4. The van der Waals surface area contributed by atoms with Crippen LogP contribution in [0.3, 0.4) is 0 Å². The van der Waals surface area contributed by atoms with Gasteiger partial charge in [-0.15, -0.1) is 0 Å². The van der Waals surface area contributed by atoms with Crippen molar-refractivity contribution in [3.63, 3.8) is 0 Å². The summed E-state index contributed by atoms with van der Waals surface area (Å²) in [5.74, 6) is 1.69. The van der Waals surface area contributed by atoms with Crippen molar-refractivity contribution in [3.05, 3.63) is 24.3 Å². The lowest BCUT2D eigenvalue weighted by Gasteiger charge is -2.30. The van der Waals surface area contributed by atoms with Crippen LogP contribution in [-0.4, -0.2) is 43.2 Å². The van der Waals surface area contributed by atoms with Crippen molar-refractivity contribution in [3.8, 4) is 11.5 Å². The van der Waals surface area contributed by atoms with Gasteiger partial charge in [-0.25, -0.2) is 0 Å². The Labute approximate surface area is 132 Å².